The molecule has 3 rings (SSSR count). The summed E-state index contributed by atoms with van der Waals surface area (Å²) < 4.78 is 22.0. The van der Waals surface area contributed by atoms with Crippen molar-refractivity contribution in [1.82, 2.24) is 16.0 Å². The van der Waals surface area contributed by atoms with Gasteiger partial charge in [-0.1, -0.05) is 24.3 Å². The fourth-order valence-electron chi connectivity index (χ4n) is 4.26. The van der Waals surface area contributed by atoms with Crippen molar-refractivity contribution in [2.75, 3.05) is 63.9 Å². The van der Waals surface area contributed by atoms with Crippen molar-refractivity contribution >= 4 is 62.7 Å². The van der Waals surface area contributed by atoms with Crippen LogP contribution in [0.25, 0.3) is 10.8 Å². The van der Waals surface area contributed by atoms with Gasteiger partial charge in [0.1, 0.15) is 6.04 Å². The van der Waals surface area contributed by atoms with E-state index in [1.807, 2.05) is 36.4 Å². The van der Waals surface area contributed by atoms with E-state index in [1.54, 1.807) is 7.05 Å². The average Bonchev–Trinajstić information content (AvgIpc) is 2.96. The zero-order valence-corrected chi connectivity index (χ0v) is 25.2. The Labute approximate surface area is 255 Å². The molecule has 232 valence electrons. The van der Waals surface area contributed by atoms with Gasteiger partial charge >= 0.3 is 0 Å². The molecule has 13 nitrogen and oxygen atoms in total. The molecule has 0 bridgehead atoms. The van der Waals surface area contributed by atoms with Crippen LogP contribution in [-0.2, 0) is 23.7 Å². The summed E-state index contributed by atoms with van der Waals surface area (Å²) in [6, 6.07) is 10.9. The van der Waals surface area contributed by atoms with E-state index in [4.69, 9.17) is 43.4 Å². The molecule has 2 aromatic rings. The van der Waals surface area contributed by atoms with Crippen molar-refractivity contribution in [3.63, 3.8) is 0 Å². The molecule has 0 aromatic heterocycles. The third-order valence-electron chi connectivity index (χ3n) is 6.25. The third kappa shape index (κ3) is 10.2. The number of rotatable bonds is 14. The highest BCUT2D eigenvalue weighted by molar-refractivity contribution is 7.80. The van der Waals surface area contributed by atoms with Crippen LogP contribution in [0.4, 0.5) is 11.4 Å². The fraction of sp³-hybridized carbons (Fsp3) is 0.519. The maximum absolute atomic E-state index is 11.5. The molecule has 1 saturated heterocycles. The van der Waals surface area contributed by atoms with Gasteiger partial charge < -0.3 is 60.9 Å². The Bertz CT molecular complexity index is 1210. The molecule has 1 aliphatic rings. The van der Waals surface area contributed by atoms with Gasteiger partial charge in [-0.15, -0.1) is 0 Å². The second-order valence-electron chi connectivity index (χ2n) is 9.48. The smallest absolute Gasteiger partial charge is 0.217 e. The molecule has 42 heavy (non-hydrogen) atoms. The standard InChI is InChI=1S/C27H39N5O8S2/c1-17(34)30-23-22(35)15-27(36,16-33)40-24(23)39-14-13-38-12-11-37-10-9-29-26(42)32-21-8-7-20(31-25(41)28-2)18-5-3-4-6-19(18)21/h3-8,22-24,33,35-36H,9-16H2,1-2H3,(H,30,34)(H2,28,31,41)(H2,29,32,42)/t22?,23?,24-,27?/m1/s1. The number of benzene rings is 2. The highest BCUT2D eigenvalue weighted by atomic mass is 32.1. The average molecular weight is 626 g/mol. The van der Waals surface area contributed by atoms with Gasteiger partial charge in [0.25, 0.3) is 0 Å². The lowest BCUT2D eigenvalue weighted by atomic mass is 9.97. The number of fused-ring (bicyclic) bond motifs is 1. The van der Waals surface area contributed by atoms with E-state index in [9.17, 15) is 20.1 Å². The number of anilines is 2. The zero-order chi connectivity index (χ0) is 30.5. The summed E-state index contributed by atoms with van der Waals surface area (Å²) in [6.45, 7) is 2.34. The monoisotopic (exact) mass is 625 g/mol. The van der Waals surface area contributed by atoms with Gasteiger partial charge in [0.15, 0.2) is 22.3 Å². The Balaban J connectivity index is 1.31. The summed E-state index contributed by atoms with van der Waals surface area (Å²) in [5, 5.41) is 47.8. The first-order chi connectivity index (χ1) is 20.2. The van der Waals surface area contributed by atoms with Crippen LogP contribution in [0, 0.1) is 0 Å². The Morgan fingerprint density at radius 1 is 1.00 bits per heavy atom. The normalized spacial score (nSPS) is 21.9. The van der Waals surface area contributed by atoms with Crippen LogP contribution in [0.2, 0.25) is 0 Å². The third-order valence-corrected chi connectivity index (χ3v) is 6.80. The molecule has 1 heterocycles. The van der Waals surface area contributed by atoms with E-state index >= 15 is 0 Å². The van der Waals surface area contributed by atoms with Crippen molar-refractivity contribution in [3.05, 3.63) is 36.4 Å². The lowest BCUT2D eigenvalue weighted by Crippen LogP contribution is -2.62. The second kappa shape index (κ2) is 16.8. The number of ether oxygens (including phenoxy) is 4. The minimum atomic E-state index is -1.96. The van der Waals surface area contributed by atoms with Gasteiger partial charge in [-0.2, -0.15) is 0 Å². The molecule has 15 heteroatoms. The number of hydrogen-bond acceptors (Lipinski definition) is 10. The molecule has 0 spiro atoms. The molecule has 0 radical (unpaired) electrons. The molecule has 1 aliphatic heterocycles. The van der Waals surface area contributed by atoms with E-state index in [2.05, 4.69) is 26.6 Å². The molecule has 4 atom stereocenters. The second-order valence-corrected chi connectivity index (χ2v) is 10.3. The SMILES string of the molecule is CNC(=S)Nc1ccc(NC(=S)NCCOCCOCCO[C@@H]2OC(O)(CO)CC(O)C2NC(C)=O)c2ccccc12. The van der Waals surface area contributed by atoms with Crippen LogP contribution in [0.15, 0.2) is 36.4 Å². The van der Waals surface area contributed by atoms with Crippen LogP contribution in [-0.4, -0.2) is 109 Å². The van der Waals surface area contributed by atoms with Crippen LogP contribution in [0.1, 0.15) is 13.3 Å². The first kappa shape index (κ1) is 33.8. The maximum atomic E-state index is 11.5. The Morgan fingerprint density at radius 2 is 1.60 bits per heavy atom. The Morgan fingerprint density at radius 3 is 2.19 bits per heavy atom. The predicted molar refractivity (Wildman–Crippen MR) is 166 cm³/mol. The van der Waals surface area contributed by atoms with Gasteiger partial charge in [0, 0.05) is 49.1 Å². The highest BCUT2D eigenvalue weighted by Crippen LogP contribution is 2.30. The molecule has 2 aromatic carbocycles. The van der Waals surface area contributed by atoms with Crippen molar-refractivity contribution in [2.24, 2.45) is 0 Å². The van der Waals surface area contributed by atoms with Gasteiger partial charge in [0.2, 0.25) is 5.91 Å². The van der Waals surface area contributed by atoms with Crippen molar-refractivity contribution in [3.8, 4) is 0 Å². The van der Waals surface area contributed by atoms with Crippen molar-refractivity contribution in [2.45, 2.75) is 37.6 Å². The van der Waals surface area contributed by atoms with Crippen molar-refractivity contribution < 1.29 is 39.1 Å². The lowest BCUT2D eigenvalue weighted by Gasteiger charge is -2.43. The van der Waals surface area contributed by atoms with E-state index in [1.165, 1.54) is 6.92 Å². The Kier molecular flexibility index (Phi) is 13.5. The molecule has 8 N–H and O–H groups in total. The maximum Gasteiger partial charge on any atom is 0.217 e. The van der Waals surface area contributed by atoms with Gasteiger partial charge in [-0.3, -0.25) is 4.79 Å². The molecule has 3 unspecified atom stereocenters. The zero-order valence-electron chi connectivity index (χ0n) is 23.6. The topological polar surface area (TPSA) is 175 Å². The number of hydrogen-bond donors (Lipinski definition) is 8. The highest BCUT2D eigenvalue weighted by Gasteiger charge is 2.46. The lowest BCUT2D eigenvalue weighted by molar-refractivity contribution is -0.346. The molecule has 1 fully saturated rings. The molecule has 0 aliphatic carbocycles. The fourth-order valence-corrected chi connectivity index (χ4v) is 4.58. The van der Waals surface area contributed by atoms with Crippen LogP contribution in [0.3, 0.4) is 0 Å². The van der Waals surface area contributed by atoms with Gasteiger partial charge in [0.05, 0.1) is 45.7 Å². The summed E-state index contributed by atoms with van der Waals surface area (Å²) in [4.78, 5) is 11.5. The Hall–Kier alpha value is -2.73. The van der Waals surface area contributed by atoms with Gasteiger partial charge in [-0.05, 0) is 36.6 Å². The number of aliphatic hydroxyl groups is 3. The summed E-state index contributed by atoms with van der Waals surface area (Å²) >= 11 is 10.7. The number of amides is 1. The summed E-state index contributed by atoms with van der Waals surface area (Å²) in [6.07, 6.45) is -2.60. The summed E-state index contributed by atoms with van der Waals surface area (Å²) in [5.74, 6) is -2.35. The summed E-state index contributed by atoms with van der Waals surface area (Å²) in [7, 11) is 1.76. The number of carbonyl (C=O) groups excluding carboxylic acids is 1. The summed E-state index contributed by atoms with van der Waals surface area (Å²) in [5.41, 5.74) is 1.75. The van der Waals surface area contributed by atoms with E-state index in [0.717, 1.165) is 22.1 Å². The van der Waals surface area contributed by atoms with Crippen LogP contribution in [0.5, 0.6) is 0 Å². The van der Waals surface area contributed by atoms with Crippen LogP contribution >= 0.6 is 24.4 Å². The first-order valence-electron chi connectivity index (χ1n) is 13.4. The van der Waals surface area contributed by atoms with Gasteiger partial charge in [-0.25, -0.2) is 0 Å². The number of nitrogens with one attached hydrogen (secondary N) is 5. The number of thiocarbonyl (C=S) groups is 2. The van der Waals surface area contributed by atoms with E-state index < -0.39 is 36.7 Å². The molecule has 0 saturated carbocycles. The van der Waals surface area contributed by atoms with E-state index in [-0.39, 0.29) is 19.6 Å². The largest absolute Gasteiger partial charge is 0.391 e. The minimum absolute atomic E-state index is 0.0599. The number of carbonyl (C=O) groups is 1. The van der Waals surface area contributed by atoms with E-state index in [0.29, 0.717) is 36.6 Å². The number of aliphatic hydroxyl groups excluding tert-OH is 2. The molecule has 1 amide bonds. The molecular formula is C27H39N5O8S2. The van der Waals surface area contributed by atoms with Crippen molar-refractivity contribution in [1.29, 1.82) is 0 Å². The van der Waals surface area contributed by atoms with Crippen LogP contribution < -0.4 is 26.6 Å². The minimum Gasteiger partial charge on any atom is -0.391 e. The predicted octanol–water partition coefficient (Wildman–Crippen LogP) is 0.385. The molecular weight excluding hydrogens is 586 g/mol. The first-order valence-corrected chi connectivity index (χ1v) is 14.3. The quantitative estimate of drug-likeness (QED) is 0.107.